The average Bonchev–Trinajstić information content (AvgIpc) is 2.68. The Kier molecular flexibility index (Phi) is 4.85. The van der Waals surface area contributed by atoms with Crippen molar-refractivity contribution in [1.29, 1.82) is 0 Å². The van der Waals surface area contributed by atoms with Crippen molar-refractivity contribution in [2.75, 3.05) is 0 Å². The summed E-state index contributed by atoms with van der Waals surface area (Å²) in [6.07, 6.45) is 11.2. The molecule has 0 fully saturated rings. The van der Waals surface area contributed by atoms with E-state index >= 15 is 0 Å². The lowest BCUT2D eigenvalue weighted by molar-refractivity contribution is -0.131. The SMILES string of the molecule is CC(=O)Oc1ccc(C2c3ccc(O)cc3CC[C@@H]2C2=CCCC=C2)cc1. The number of benzene rings is 2. The van der Waals surface area contributed by atoms with E-state index in [2.05, 4.69) is 36.4 Å². The molecule has 0 saturated carbocycles. The van der Waals surface area contributed by atoms with Gasteiger partial charge in [-0.2, -0.15) is 0 Å². The number of hydrogen-bond donors (Lipinski definition) is 1. The van der Waals surface area contributed by atoms with Crippen LogP contribution >= 0.6 is 0 Å². The Bertz CT molecular complexity index is 906. The number of hydrogen-bond acceptors (Lipinski definition) is 3. The van der Waals surface area contributed by atoms with Gasteiger partial charge >= 0.3 is 5.97 Å². The van der Waals surface area contributed by atoms with Crippen molar-refractivity contribution >= 4 is 5.97 Å². The summed E-state index contributed by atoms with van der Waals surface area (Å²) in [5.74, 6) is 1.23. The molecule has 0 aliphatic heterocycles. The lowest BCUT2D eigenvalue weighted by Gasteiger charge is -2.36. The largest absolute Gasteiger partial charge is 0.508 e. The molecule has 27 heavy (non-hydrogen) atoms. The molecule has 0 saturated heterocycles. The highest BCUT2D eigenvalue weighted by molar-refractivity contribution is 5.69. The van der Waals surface area contributed by atoms with Crippen molar-refractivity contribution in [2.45, 2.75) is 38.5 Å². The summed E-state index contributed by atoms with van der Waals surface area (Å²) in [4.78, 5) is 11.2. The fraction of sp³-hybridized carbons (Fsp3) is 0.292. The van der Waals surface area contributed by atoms with Crippen molar-refractivity contribution in [3.8, 4) is 11.5 Å². The molecular weight excluding hydrogens is 336 g/mol. The standard InChI is InChI=1S/C24H24O3/c1-16(25)27-21-11-7-18(8-12-21)24-22(17-5-3-2-4-6-17)13-9-19-15-20(26)10-14-23(19)24/h3,5-8,10-12,14-15,22,24,26H,2,4,9,13H2,1H3/t22-,24?/m1/s1. The third-order valence-electron chi connectivity index (χ3n) is 5.54. The maximum Gasteiger partial charge on any atom is 0.308 e. The Hall–Kier alpha value is -2.81. The van der Waals surface area contributed by atoms with Gasteiger partial charge in [-0.15, -0.1) is 0 Å². The highest BCUT2D eigenvalue weighted by Gasteiger charge is 2.32. The van der Waals surface area contributed by atoms with Gasteiger partial charge in [-0.05, 0) is 78.1 Å². The van der Waals surface area contributed by atoms with Gasteiger partial charge in [0.15, 0.2) is 0 Å². The maximum absolute atomic E-state index is 11.2. The van der Waals surface area contributed by atoms with Gasteiger partial charge in [0, 0.05) is 12.8 Å². The van der Waals surface area contributed by atoms with Gasteiger partial charge in [0.2, 0.25) is 0 Å². The summed E-state index contributed by atoms with van der Waals surface area (Å²) in [6, 6.07) is 13.6. The van der Waals surface area contributed by atoms with Gasteiger partial charge in [-0.25, -0.2) is 0 Å². The van der Waals surface area contributed by atoms with E-state index in [9.17, 15) is 9.90 Å². The fourth-order valence-electron chi connectivity index (χ4n) is 4.40. The summed E-state index contributed by atoms with van der Waals surface area (Å²) in [7, 11) is 0. The van der Waals surface area contributed by atoms with Crippen LogP contribution in [0.5, 0.6) is 11.5 Å². The lowest BCUT2D eigenvalue weighted by Crippen LogP contribution is -2.23. The molecule has 2 aromatic rings. The van der Waals surface area contributed by atoms with Crippen LogP contribution in [0.2, 0.25) is 0 Å². The number of ether oxygens (including phenoxy) is 1. The molecule has 3 heteroatoms. The van der Waals surface area contributed by atoms with Crippen LogP contribution in [0.15, 0.2) is 66.3 Å². The molecule has 2 atom stereocenters. The second-order valence-electron chi connectivity index (χ2n) is 7.35. The van der Waals surface area contributed by atoms with E-state index in [-0.39, 0.29) is 11.9 Å². The molecule has 1 unspecified atom stereocenters. The Morgan fingerprint density at radius 1 is 1.11 bits per heavy atom. The third kappa shape index (κ3) is 3.68. The summed E-state index contributed by atoms with van der Waals surface area (Å²) in [5.41, 5.74) is 5.13. The van der Waals surface area contributed by atoms with Crippen molar-refractivity contribution in [2.24, 2.45) is 5.92 Å². The third-order valence-corrected chi connectivity index (χ3v) is 5.54. The summed E-state index contributed by atoms with van der Waals surface area (Å²) < 4.78 is 5.19. The first-order valence-electron chi connectivity index (χ1n) is 9.58. The first kappa shape index (κ1) is 17.6. The zero-order valence-corrected chi connectivity index (χ0v) is 15.5. The molecule has 0 amide bonds. The zero-order chi connectivity index (χ0) is 18.8. The van der Waals surface area contributed by atoms with Crippen LogP contribution in [0.25, 0.3) is 0 Å². The van der Waals surface area contributed by atoms with Crippen LogP contribution in [0.1, 0.15) is 48.8 Å². The molecule has 3 nitrogen and oxygen atoms in total. The van der Waals surface area contributed by atoms with Crippen LogP contribution in [0, 0.1) is 5.92 Å². The van der Waals surface area contributed by atoms with Gasteiger partial charge < -0.3 is 9.84 Å². The number of allylic oxidation sites excluding steroid dienone is 4. The number of phenolic OH excluding ortho intramolecular Hbond substituents is 1. The second kappa shape index (κ2) is 7.43. The molecule has 0 heterocycles. The average molecular weight is 360 g/mol. The normalized spacial score (nSPS) is 21.3. The highest BCUT2D eigenvalue weighted by Crippen LogP contribution is 2.46. The number of esters is 1. The topological polar surface area (TPSA) is 46.5 Å². The Morgan fingerprint density at radius 2 is 1.93 bits per heavy atom. The molecule has 0 radical (unpaired) electrons. The van der Waals surface area contributed by atoms with Gasteiger partial charge in [-0.3, -0.25) is 4.79 Å². The minimum absolute atomic E-state index is 0.231. The Labute approximate surface area is 160 Å². The quantitative estimate of drug-likeness (QED) is 0.598. The van der Waals surface area contributed by atoms with E-state index in [1.54, 1.807) is 6.07 Å². The molecule has 2 aliphatic rings. The first-order valence-corrected chi connectivity index (χ1v) is 9.58. The van der Waals surface area contributed by atoms with Crippen LogP contribution < -0.4 is 4.74 Å². The Morgan fingerprint density at radius 3 is 2.63 bits per heavy atom. The van der Waals surface area contributed by atoms with Gasteiger partial charge in [-0.1, -0.05) is 36.4 Å². The van der Waals surface area contributed by atoms with Crippen molar-refractivity contribution in [3.63, 3.8) is 0 Å². The molecular formula is C24H24O3. The first-order chi connectivity index (χ1) is 13.1. The van der Waals surface area contributed by atoms with Crippen molar-refractivity contribution in [1.82, 2.24) is 0 Å². The van der Waals surface area contributed by atoms with Crippen LogP contribution in [-0.4, -0.2) is 11.1 Å². The molecule has 138 valence electrons. The van der Waals surface area contributed by atoms with E-state index < -0.39 is 0 Å². The fourth-order valence-corrected chi connectivity index (χ4v) is 4.40. The number of aryl methyl sites for hydroxylation is 1. The molecule has 1 N–H and O–H groups in total. The van der Waals surface area contributed by atoms with E-state index in [1.807, 2.05) is 18.2 Å². The molecule has 2 aliphatic carbocycles. The van der Waals surface area contributed by atoms with E-state index in [1.165, 1.54) is 29.2 Å². The van der Waals surface area contributed by atoms with Gasteiger partial charge in [0.25, 0.3) is 0 Å². The number of fused-ring (bicyclic) bond motifs is 1. The number of carbonyl (C=O) groups is 1. The predicted octanol–water partition coefficient (Wildman–Crippen LogP) is 5.29. The van der Waals surface area contributed by atoms with Gasteiger partial charge in [0.1, 0.15) is 11.5 Å². The molecule has 0 bridgehead atoms. The van der Waals surface area contributed by atoms with Crippen molar-refractivity contribution in [3.05, 3.63) is 83.0 Å². The number of rotatable bonds is 3. The summed E-state index contributed by atoms with van der Waals surface area (Å²) in [5, 5.41) is 9.91. The zero-order valence-electron chi connectivity index (χ0n) is 15.5. The number of aromatic hydroxyl groups is 1. The lowest BCUT2D eigenvalue weighted by atomic mass is 9.68. The van der Waals surface area contributed by atoms with Crippen molar-refractivity contribution < 1.29 is 14.6 Å². The minimum Gasteiger partial charge on any atom is -0.508 e. The summed E-state index contributed by atoms with van der Waals surface area (Å²) in [6.45, 7) is 1.41. The second-order valence-corrected chi connectivity index (χ2v) is 7.35. The maximum atomic E-state index is 11.2. The predicted molar refractivity (Wildman–Crippen MR) is 106 cm³/mol. The number of carbonyl (C=O) groups excluding carboxylic acids is 1. The van der Waals surface area contributed by atoms with E-state index in [0.29, 0.717) is 17.4 Å². The molecule has 0 aromatic heterocycles. The van der Waals surface area contributed by atoms with Crippen LogP contribution in [0.4, 0.5) is 0 Å². The molecule has 2 aromatic carbocycles. The van der Waals surface area contributed by atoms with E-state index in [0.717, 1.165) is 25.7 Å². The van der Waals surface area contributed by atoms with Crippen LogP contribution in [0.3, 0.4) is 0 Å². The smallest absolute Gasteiger partial charge is 0.308 e. The van der Waals surface area contributed by atoms with E-state index in [4.69, 9.17) is 4.74 Å². The van der Waals surface area contributed by atoms with Crippen LogP contribution in [-0.2, 0) is 11.2 Å². The minimum atomic E-state index is -0.309. The monoisotopic (exact) mass is 360 g/mol. The molecule has 0 spiro atoms. The highest BCUT2D eigenvalue weighted by atomic mass is 16.5. The summed E-state index contributed by atoms with van der Waals surface area (Å²) >= 11 is 0. The van der Waals surface area contributed by atoms with Gasteiger partial charge in [0.05, 0.1) is 0 Å². The molecule has 4 rings (SSSR count). The number of phenols is 1. The Balaban J connectivity index is 1.75.